The molecular weight excluding hydrogens is 200 g/mol. The molecule has 2 N–H and O–H groups in total. The summed E-state index contributed by atoms with van der Waals surface area (Å²) in [6.07, 6.45) is 9.16. The van der Waals surface area contributed by atoms with Crippen molar-refractivity contribution < 1.29 is 0 Å². The van der Waals surface area contributed by atoms with Crippen molar-refractivity contribution in [2.75, 3.05) is 0 Å². The maximum absolute atomic E-state index is 6.19. The van der Waals surface area contributed by atoms with Gasteiger partial charge in [-0.3, -0.25) is 4.68 Å². The van der Waals surface area contributed by atoms with Crippen molar-refractivity contribution in [3.63, 3.8) is 0 Å². The molecular formula is C12H22N4. The zero-order valence-corrected chi connectivity index (χ0v) is 10.1. The van der Waals surface area contributed by atoms with Crippen molar-refractivity contribution in [3.05, 3.63) is 12.2 Å². The average Bonchev–Trinajstić information content (AvgIpc) is 2.88. The van der Waals surface area contributed by atoms with E-state index in [1.807, 2.05) is 4.68 Å². The van der Waals surface area contributed by atoms with Gasteiger partial charge in [0.2, 0.25) is 0 Å². The van der Waals surface area contributed by atoms with Crippen LogP contribution in [0, 0.1) is 5.92 Å². The van der Waals surface area contributed by atoms with Gasteiger partial charge in [0, 0.05) is 19.0 Å². The minimum absolute atomic E-state index is 0.248. The number of nitrogens with zero attached hydrogens (tertiary/aromatic N) is 3. The highest BCUT2D eigenvalue weighted by atomic mass is 15.3. The second-order valence-corrected chi connectivity index (χ2v) is 4.84. The second kappa shape index (κ2) is 5.43. The third kappa shape index (κ3) is 2.82. The third-order valence-corrected chi connectivity index (χ3v) is 3.55. The lowest BCUT2D eigenvalue weighted by molar-refractivity contribution is 0.430. The Labute approximate surface area is 97.2 Å². The van der Waals surface area contributed by atoms with Gasteiger partial charge in [0.25, 0.3) is 0 Å². The first-order valence-electron chi connectivity index (χ1n) is 6.42. The first-order chi connectivity index (χ1) is 7.79. The first kappa shape index (κ1) is 11.6. The maximum atomic E-state index is 6.19. The van der Waals surface area contributed by atoms with Crippen LogP contribution in [-0.2, 0) is 13.0 Å². The number of hydrogen-bond acceptors (Lipinski definition) is 3. The Balaban J connectivity index is 1.84. The van der Waals surface area contributed by atoms with E-state index in [-0.39, 0.29) is 6.04 Å². The van der Waals surface area contributed by atoms with Gasteiger partial charge >= 0.3 is 0 Å². The molecule has 4 nitrogen and oxygen atoms in total. The summed E-state index contributed by atoms with van der Waals surface area (Å²) in [6.45, 7) is 2.96. The lowest BCUT2D eigenvalue weighted by Crippen LogP contribution is -2.27. The predicted octanol–water partition coefficient (Wildman–Crippen LogP) is 1.75. The maximum Gasteiger partial charge on any atom is 0.138 e. The fraction of sp³-hybridized carbons (Fsp3) is 0.833. The van der Waals surface area contributed by atoms with Crippen molar-refractivity contribution >= 4 is 0 Å². The number of rotatable bonds is 5. The van der Waals surface area contributed by atoms with Crippen LogP contribution >= 0.6 is 0 Å². The molecule has 0 amide bonds. The highest BCUT2D eigenvalue weighted by Gasteiger charge is 2.19. The van der Waals surface area contributed by atoms with Gasteiger partial charge in [-0.05, 0) is 19.3 Å². The number of aromatic nitrogens is 3. The Bertz CT molecular complexity index is 315. The fourth-order valence-corrected chi connectivity index (χ4v) is 2.70. The molecule has 1 unspecified atom stereocenters. The Hall–Kier alpha value is -0.900. The molecule has 0 radical (unpaired) electrons. The van der Waals surface area contributed by atoms with Crippen LogP contribution in [0.4, 0.5) is 0 Å². The monoisotopic (exact) mass is 222 g/mol. The highest BCUT2D eigenvalue weighted by molar-refractivity contribution is 4.89. The molecule has 4 heteroatoms. The molecule has 90 valence electrons. The van der Waals surface area contributed by atoms with Crippen molar-refractivity contribution in [3.8, 4) is 0 Å². The molecule has 1 atom stereocenters. The molecule has 0 saturated heterocycles. The molecule has 0 aromatic carbocycles. The summed E-state index contributed by atoms with van der Waals surface area (Å²) in [7, 11) is 0. The van der Waals surface area contributed by atoms with Gasteiger partial charge in [-0.2, -0.15) is 5.10 Å². The van der Waals surface area contributed by atoms with Gasteiger partial charge < -0.3 is 5.73 Å². The molecule has 0 aliphatic heterocycles. The molecule has 1 heterocycles. The molecule has 1 aliphatic carbocycles. The van der Waals surface area contributed by atoms with Gasteiger partial charge in [0.1, 0.15) is 12.2 Å². The highest BCUT2D eigenvalue weighted by Crippen LogP contribution is 2.28. The zero-order chi connectivity index (χ0) is 11.4. The van der Waals surface area contributed by atoms with E-state index < -0.39 is 0 Å². The topological polar surface area (TPSA) is 56.7 Å². The summed E-state index contributed by atoms with van der Waals surface area (Å²) >= 11 is 0. The third-order valence-electron chi connectivity index (χ3n) is 3.55. The van der Waals surface area contributed by atoms with Crippen molar-refractivity contribution in [1.29, 1.82) is 0 Å². The van der Waals surface area contributed by atoms with Gasteiger partial charge in [-0.1, -0.05) is 25.7 Å². The van der Waals surface area contributed by atoms with Gasteiger partial charge in [0.15, 0.2) is 0 Å². The SMILES string of the molecule is CCn1ncnc1CC(N)CC1CCCC1. The van der Waals surface area contributed by atoms with Gasteiger partial charge in [-0.25, -0.2) is 4.98 Å². The number of hydrogen-bond donors (Lipinski definition) is 1. The molecule has 16 heavy (non-hydrogen) atoms. The van der Waals surface area contributed by atoms with E-state index in [0.29, 0.717) is 0 Å². The predicted molar refractivity (Wildman–Crippen MR) is 64.0 cm³/mol. The van der Waals surface area contributed by atoms with E-state index in [4.69, 9.17) is 5.73 Å². The zero-order valence-electron chi connectivity index (χ0n) is 10.1. The molecule has 1 aliphatic rings. The van der Waals surface area contributed by atoms with Crippen LogP contribution in [0.2, 0.25) is 0 Å². The van der Waals surface area contributed by atoms with E-state index in [1.165, 1.54) is 25.7 Å². The minimum Gasteiger partial charge on any atom is -0.327 e. The summed E-state index contributed by atoms with van der Waals surface area (Å²) in [6, 6.07) is 0.248. The second-order valence-electron chi connectivity index (χ2n) is 4.84. The molecule has 1 fully saturated rings. The lowest BCUT2D eigenvalue weighted by atomic mass is 9.97. The van der Waals surface area contributed by atoms with Crippen molar-refractivity contribution in [2.45, 2.75) is 58.0 Å². The van der Waals surface area contributed by atoms with E-state index in [1.54, 1.807) is 6.33 Å². The molecule has 2 rings (SSSR count). The van der Waals surface area contributed by atoms with Crippen molar-refractivity contribution in [2.24, 2.45) is 11.7 Å². The van der Waals surface area contributed by atoms with E-state index in [0.717, 1.165) is 31.1 Å². The summed E-state index contributed by atoms with van der Waals surface area (Å²) in [4.78, 5) is 4.27. The average molecular weight is 222 g/mol. The Kier molecular flexibility index (Phi) is 3.93. The Morgan fingerprint density at radius 2 is 2.25 bits per heavy atom. The molecule has 1 aromatic heterocycles. The molecule has 1 aromatic rings. The fourth-order valence-electron chi connectivity index (χ4n) is 2.70. The summed E-state index contributed by atoms with van der Waals surface area (Å²) in [5.41, 5.74) is 6.19. The molecule has 0 spiro atoms. The van der Waals surface area contributed by atoms with E-state index >= 15 is 0 Å². The van der Waals surface area contributed by atoms with Crippen LogP contribution in [0.25, 0.3) is 0 Å². The largest absolute Gasteiger partial charge is 0.327 e. The standard InChI is InChI=1S/C12H22N4/c1-2-16-12(14-9-15-16)8-11(13)7-10-5-3-4-6-10/h9-11H,2-8,13H2,1H3. The van der Waals surface area contributed by atoms with Gasteiger partial charge in [0.05, 0.1) is 0 Å². The van der Waals surface area contributed by atoms with Gasteiger partial charge in [-0.15, -0.1) is 0 Å². The molecule has 0 bridgehead atoms. The van der Waals surface area contributed by atoms with Crippen LogP contribution in [0.5, 0.6) is 0 Å². The number of nitrogens with two attached hydrogens (primary N) is 1. The van der Waals surface area contributed by atoms with Crippen LogP contribution in [-0.4, -0.2) is 20.8 Å². The summed E-state index contributed by atoms with van der Waals surface area (Å²) in [5, 5.41) is 4.17. The molecule has 1 saturated carbocycles. The van der Waals surface area contributed by atoms with E-state index in [9.17, 15) is 0 Å². The normalized spacial score (nSPS) is 19.1. The smallest absolute Gasteiger partial charge is 0.138 e. The Morgan fingerprint density at radius 3 is 2.94 bits per heavy atom. The number of aryl methyl sites for hydroxylation is 1. The van der Waals surface area contributed by atoms with Crippen molar-refractivity contribution in [1.82, 2.24) is 14.8 Å². The minimum atomic E-state index is 0.248. The summed E-state index contributed by atoms with van der Waals surface area (Å²) < 4.78 is 1.94. The van der Waals surface area contributed by atoms with Crippen LogP contribution in [0.15, 0.2) is 6.33 Å². The van der Waals surface area contributed by atoms with Crippen LogP contribution < -0.4 is 5.73 Å². The van der Waals surface area contributed by atoms with Crippen LogP contribution in [0.1, 0.15) is 44.9 Å². The first-order valence-corrected chi connectivity index (χ1v) is 6.42. The lowest BCUT2D eigenvalue weighted by Gasteiger charge is -2.15. The van der Waals surface area contributed by atoms with Crippen LogP contribution in [0.3, 0.4) is 0 Å². The summed E-state index contributed by atoms with van der Waals surface area (Å²) in [5.74, 6) is 1.89. The quantitative estimate of drug-likeness (QED) is 0.825. The Morgan fingerprint density at radius 1 is 1.50 bits per heavy atom. The van der Waals surface area contributed by atoms with E-state index in [2.05, 4.69) is 17.0 Å².